The van der Waals surface area contributed by atoms with Gasteiger partial charge in [0.1, 0.15) is 0 Å². The summed E-state index contributed by atoms with van der Waals surface area (Å²) in [5.41, 5.74) is 3.94. The van der Waals surface area contributed by atoms with Gasteiger partial charge in [-0.1, -0.05) is 68.4 Å². The lowest BCUT2D eigenvalue weighted by atomic mass is 10.00. The molecule has 0 heterocycles. The molecule has 0 amide bonds. The summed E-state index contributed by atoms with van der Waals surface area (Å²) in [7, 11) is 0. The van der Waals surface area contributed by atoms with Crippen LogP contribution in [-0.4, -0.2) is 11.7 Å². The maximum absolute atomic E-state index is 5.39. The second-order valence-corrected chi connectivity index (χ2v) is 6.59. The van der Waals surface area contributed by atoms with Crippen molar-refractivity contribution in [1.29, 1.82) is 0 Å². The van der Waals surface area contributed by atoms with Crippen LogP contribution in [0.4, 0.5) is 0 Å². The van der Waals surface area contributed by atoms with Crippen molar-refractivity contribution in [3.8, 4) is 0 Å². The molecule has 2 nitrogen and oxygen atoms in total. The molecule has 2 aromatic rings. The van der Waals surface area contributed by atoms with Crippen molar-refractivity contribution in [3.05, 3.63) is 71.3 Å². The Kier molecular flexibility index (Phi) is 6.60. The predicted molar refractivity (Wildman–Crippen MR) is 103 cm³/mol. The fourth-order valence-corrected chi connectivity index (χ4v) is 2.74. The highest BCUT2D eigenvalue weighted by molar-refractivity contribution is 7.80. The molecule has 2 N–H and O–H groups in total. The molecule has 0 aliphatic rings. The normalized spacial score (nSPS) is 12.0. The van der Waals surface area contributed by atoms with E-state index in [2.05, 4.69) is 79.9 Å². The molecule has 1 unspecified atom stereocenters. The van der Waals surface area contributed by atoms with Crippen LogP contribution in [0.15, 0.2) is 54.6 Å². The van der Waals surface area contributed by atoms with Crippen molar-refractivity contribution >= 4 is 17.3 Å². The maximum Gasteiger partial charge on any atom is 0.166 e. The summed E-state index contributed by atoms with van der Waals surface area (Å²) in [5, 5.41) is 7.34. The van der Waals surface area contributed by atoms with Crippen LogP contribution in [0.5, 0.6) is 0 Å². The summed E-state index contributed by atoms with van der Waals surface area (Å²) in [6.07, 6.45) is 0.972. The van der Waals surface area contributed by atoms with E-state index in [1.54, 1.807) is 0 Å². The minimum absolute atomic E-state index is 0.202. The van der Waals surface area contributed by atoms with Gasteiger partial charge in [0.25, 0.3) is 0 Å². The molecule has 0 fully saturated rings. The van der Waals surface area contributed by atoms with Gasteiger partial charge in [0.15, 0.2) is 5.11 Å². The van der Waals surface area contributed by atoms with Crippen molar-refractivity contribution < 1.29 is 0 Å². The van der Waals surface area contributed by atoms with Crippen molar-refractivity contribution in [2.24, 2.45) is 0 Å². The quantitative estimate of drug-likeness (QED) is 0.760. The maximum atomic E-state index is 5.39. The molecule has 23 heavy (non-hydrogen) atoms. The predicted octanol–water partition coefficient (Wildman–Crippen LogP) is 4.58. The molecule has 2 rings (SSSR count). The highest BCUT2D eigenvalue weighted by Crippen LogP contribution is 2.18. The zero-order valence-electron chi connectivity index (χ0n) is 14.2. The van der Waals surface area contributed by atoms with Crippen LogP contribution in [0.3, 0.4) is 0 Å². The number of nitrogens with one attached hydrogen (secondary N) is 2. The molecule has 0 aliphatic heterocycles. The SMILES string of the molecule is CC(C)c1ccc(C(C)NC(=S)NCCc2ccccc2)cc1. The highest BCUT2D eigenvalue weighted by Gasteiger charge is 2.07. The average Bonchev–Trinajstić information content (AvgIpc) is 2.56. The van der Waals surface area contributed by atoms with Gasteiger partial charge in [-0.25, -0.2) is 0 Å². The van der Waals surface area contributed by atoms with Gasteiger partial charge in [-0.2, -0.15) is 0 Å². The third kappa shape index (κ3) is 5.68. The Morgan fingerprint density at radius 2 is 1.52 bits per heavy atom. The number of thiocarbonyl (C=S) groups is 1. The summed E-state index contributed by atoms with van der Waals surface area (Å²) in [6.45, 7) is 7.40. The first kappa shape index (κ1) is 17.5. The van der Waals surface area contributed by atoms with Gasteiger partial charge in [0, 0.05) is 6.54 Å². The van der Waals surface area contributed by atoms with Crippen LogP contribution in [-0.2, 0) is 6.42 Å². The van der Waals surface area contributed by atoms with Gasteiger partial charge < -0.3 is 10.6 Å². The molecule has 0 saturated heterocycles. The number of rotatable bonds is 6. The van der Waals surface area contributed by atoms with Crippen LogP contribution in [0.1, 0.15) is 49.4 Å². The Labute approximate surface area is 145 Å². The van der Waals surface area contributed by atoms with E-state index in [0.29, 0.717) is 11.0 Å². The number of benzene rings is 2. The summed E-state index contributed by atoms with van der Waals surface area (Å²) >= 11 is 5.39. The fourth-order valence-electron chi connectivity index (χ4n) is 2.47. The Bertz CT molecular complexity index is 605. The Hall–Kier alpha value is -1.87. The summed E-state index contributed by atoms with van der Waals surface area (Å²) in [5.74, 6) is 0.563. The van der Waals surface area contributed by atoms with Gasteiger partial charge in [-0.3, -0.25) is 0 Å². The minimum Gasteiger partial charge on any atom is -0.362 e. The third-order valence-electron chi connectivity index (χ3n) is 3.99. The van der Waals surface area contributed by atoms with E-state index in [4.69, 9.17) is 12.2 Å². The van der Waals surface area contributed by atoms with Crippen molar-refractivity contribution in [2.75, 3.05) is 6.54 Å². The molecule has 1 atom stereocenters. The van der Waals surface area contributed by atoms with E-state index in [9.17, 15) is 0 Å². The zero-order chi connectivity index (χ0) is 16.7. The minimum atomic E-state index is 0.202. The van der Waals surface area contributed by atoms with Crippen molar-refractivity contribution in [3.63, 3.8) is 0 Å². The lowest BCUT2D eigenvalue weighted by Crippen LogP contribution is -2.37. The zero-order valence-corrected chi connectivity index (χ0v) is 15.0. The Balaban J connectivity index is 1.78. The van der Waals surface area contributed by atoms with E-state index in [1.165, 1.54) is 16.7 Å². The van der Waals surface area contributed by atoms with Crippen LogP contribution < -0.4 is 10.6 Å². The molecule has 3 heteroatoms. The van der Waals surface area contributed by atoms with Gasteiger partial charge in [0.05, 0.1) is 6.04 Å². The molecular formula is C20H26N2S. The van der Waals surface area contributed by atoms with Crippen molar-refractivity contribution in [2.45, 2.75) is 39.2 Å². The largest absolute Gasteiger partial charge is 0.362 e. The van der Waals surface area contributed by atoms with Crippen LogP contribution in [0.25, 0.3) is 0 Å². The number of hydrogen-bond donors (Lipinski definition) is 2. The molecule has 0 bridgehead atoms. The van der Waals surface area contributed by atoms with Crippen molar-refractivity contribution in [1.82, 2.24) is 10.6 Å². The molecule has 2 aromatic carbocycles. The first-order chi connectivity index (χ1) is 11.1. The first-order valence-corrected chi connectivity index (χ1v) is 8.65. The monoisotopic (exact) mass is 326 g/mol. The third-order valence-corrected chi connectivity index (χ3v) is 4.25. The molecular weight excluding hydrogens is 300 g/mol. The molecule has 0 spiro atoms. The molecule has 0 radical (unpaired) electrons. The fraction of sp³-hybridized carbons (Fsp3) is 0.350. The Morgan fingerprint density at radius 1 is 0.913 bits per heavy atom. The number of hydrogen-bond acceptors (Lipinski definition) is 1. The van der Waals surface area contributed by atoms with Gasteiger partial charge in [-0.05, 0) is 48.2 Å². The van der Waals surface area contributed by atoms with Crippen LogP contribution in [0.2, 0.25) is 0 Å². The molecule has 0 aliphatic carbocycles. The molecule has 122 valence electrons. The van der Waals surface area contributed by atoms with E-state index in [-0.39, 0.29) is 6.04 Å². The molecule has 0 aromatic heterocycles. The standard InChI is InChI=1S/C20H26N2S/c1-15(2)18-9-11-19(12-10-18)16(3)22-20(23)21-14-13-17-7-5-4-6-8-17/h4-12,15-16H,13-14H2,1-3H3,(H2,21,22,23). The van der Waals surface area contributed by atoms with Gasteiger partial charge in [-0.15, -0.1) is 0 Å². The van der Waals surface area contributed by atoms with Gasteiger partial charge >= 0.3 is 0 Å². The Morgan fingerprint density at radius 3 is 2.13 bits per heavy atom. The van der Waals surface area contributed by atoms with Gasteiger partial charge in [0.2, 0.25) is 0 Å². The summed E-state index contributed by atoms with van der Waals surface area (Å²) in [4.78, 5) is 0. The van der Waals surface area contributed by atoms with E-state index in [0.717, 1.165) is 13.0 Å². The van der Waals surface area contributed by atoms with Crippen LogP contribution >= 0.6 is 12.2 Å². The van der Waals surface area contributed by atoms with E-state index < -0.39 is 0 Å². The molecule has 0 saturated carbocycles. The van der Waals surface area contributed by atoms with E-state index in [1.807, 2.05) is 6.07 Å². The summed E-state index contributed by atoms with van der Waals surface area (Å²) in [6, 6.07) is 19.4. The average molecular weight is 327 g/mol. The lowest BCUT2D eigenvalue weighted by molar-refractivity contribution is 0.695. The lowest BCUT2D eigenvalue weighted by Gasteiger charge is -2.18. The topological polar surface area (TPSA) is 24.1 Å². The highest BCUT2D eigenvalue weighted by atomic mass is 32.1. The second-order valence-electron chi connectivity index (χ2n) is 6.18. The first-order valence-electron chi connectivity index (χ1n) is 8.24. The smallest absolute Gasteiger partial charge is 0.166 e. The summed E-state index contributed by atoms with van der Waals surface area (Å²) < 4.78 is 0. The van der Waals surface area contributed by atoms with Crippen LogP contribution in [0, 0.1) is 0 Å². The second kappa shape index (κ2) is 8.68. The van der Waals surface area contributed by atoms with E-state index >= 15 is 0 Å².